The highest BCUT2D eigenvalue weighted by molar-refractivity contribution is 7.13. The van der Waals surface area contributed by atoms with Crippen LogP contribution >= 0.6 is 11.3 Å². The average molecular weight is 194 g/mol. The first-order chi connectivity index (χ1) is 6.40. The van der Waals surface area contributed by atoms with Crippen molar-refractivity contribution in [1.82, 2.24) is 9.88 Å². The van der Waals surface area contributed by atoms with Gasteiger partial charge in [-0.2, -0.15) is 5.26 Å². The highest BCUT2D eigenvalue weighted by atomic mass is 32.1. The Kier molecular flexibility index (Phi) is 2.32. The summed E-state index contributed by atoms with van der Waals surface area (Å²) in [5, 5.41) is 11.7. The van der Waals surface area contributed by atoms with E-state index < -0.39 is 0 Å². The second-order valence-corrected chi connectivity index (χ2v) is 3.76. The average Bonchev–Trinajstić information content (AvgIpc) is 2.71. The molecule has 1 aromatic heterocycles. The number of rotatable bonds is 1. The Hall–Kier alpha value is -1.28. The van der Waals surface area contributed by atoms with Gasteiger partial charge in [-0.25, -0.2) is 4.98 Å². The molecule has 0 radical (unpaired) electrons. The molecule has 0 aromatic carbocycles. The first-order valence-electron chi connectivity index (χ1n) is 4.19. The van der Waals surface area contributed by atoms with Crippen molar-refractivity contribution in [3.05, 3.63) is 11.6 Å². The van der Waals surface area contributed by atoms with Crippen LogP contribution in [0.25, 0.3) is 0 Å². The van der Waals surface area contributed by atoms with Gasteiger partial charge >= 0.3 is 0 Å². The van der Waals surface area contributed by atoms with Crippen LogP contribution in [0.4, 0.5) is 5.13 Å². The van der Waals surface area contributed by atoms with Crippen molar-refractivity contribution in [3.8, 4) is 6.19 Å². The first kappa shape index (κ1) is 8.32. The molecule has 1 aromatic rings. The maximum atomic E-state index is 8.65. The summed E-state index contributed by atoms with van der Waals surface area (Å²) in [4.78, 5) is 8.24. The van der Waals surface area contributed by atoms with Gasteiger partial charge in [-0.05, 0) is 0 Å². The molecule has 0 N–H and O–H groups in total. The fourth-order valence-corrected chi connectivity index (χ4v) is 2.07. The summed E-state index contributed by atoms with van der Waals surface area (Å²) in [6.45, 7) is 3.44. The van der Waals surface area contributed by atoms with Crippen LogP contribution in [0.5, 0.6) is 0 Å². The maximum absolute atomic E-state index is 8.65. The molecular formula is C8H10N4S. The van der Waals surface area contributed by atoms with Gasteiger partial charge in [0.15, 0.2) is 11.3 Å². The summed E-state index contributed by atoms with van der Waals surface area (Å²) < 4.78 is 0. The van der Waals surface area contributed by atoms with E-state index in [1.54, 1.807) is 16.2 Å². The predicted octanol–water partition coefficient (Wildman–Crippen LogP) is 0.746. The van der Waals surface area contributed by atoms with E-state index in [4.69, 9.17) is 5.26 Å². The van der Waals surface area contributed by atoms with Crippen molar-refractivity contribution in [1.29, 1.82) is 5.26 Å². The Morgan fingerprint density at radius 1 is 1.38 bits per heavy atom. The number of hydrogen-bond acceptors (Lipinski definition) is 5. The highest BCUT2D eigenvalue weighted by Crippen LogP contribution is 2.18. The molecule has 1 fully saturated rings. The molecule has 2 rings (SSSR count). The molecule has 1 aliphatic heterocycles. The molecule has 0 spiro atoms. The van der Waals surface area contributed by atoms with E-state index in [0.717, 1.165) is 31.3 Å². The van der Waals surface area contributed by atoms with Gasteiger partial charge in [-0.1, -0.05) is 0 Å². The number of hydrogen-bond donors (Lipinski definition) is 0. The summed E-state index contributed by atoms with van der Waals surface area (Å²) in [6.07, 6.45) is 3.98. The van der Waals surface area contributed by atoms with E-state index >= 15 is 0 Å². The third kappa shape index (κ3) is 1.73. The van der Waals surface area contributed by atoms with Crippen molar-refractivity contribution in [2.24, 2.45) is 0 Å². The van der Waals surface area contributed by atoms with Crippen LogP contribution in [0, 0.1) is 11.5 Å². The predicted molar refractivity (Wildman–Crippen MR) is 51.5 cm³/mol. The zero-order valence-electron chi connectivity index (χ0n) is 7.18. The number of piperazine rings is 1. The molecule has 0 aliphatic carbocycles. The standard InChI is InChI=1S/C8H10N4S/c9-7-11-2-4-12(5-3-11)8-10-1-6-13-8/h1,6H,2-5H2. The van der Waals surface area contributed by atoms with Crippen LogP contribution < -0.4 is 4.90 Å². The van der Waals surface area contributed by atoms with Gasteiger partial charge in [0.2, 0.25) is 0 Å². The van der Waals surface area contributed by atoms with Gasteiger partial charge < -0.3 is 9.80 Å². The van der Waals surface area contributed by atoms with Crippen molar-refractivity contribution < 1.29 is 0 Å². The monoisotopic (exact) mass is 194 g/mol. The highest BCUT2D eigenvalue weighted by Gasteiger charge is 2.16. The lowest BCUT2D eigenvalue weighted by molar-refractivity contribution is 0.363. The lowest BCUT2D eigenvalue weighted by Gasteiger charge is -2.31. The van der Waals surface area contributed by atoms with Crippen molar-refractivity contribution >= 4 is 16.5 Å². The SMILES string of the molecule is N#CN1CCN(c2nccs2)CC1. The Balaban J connectivity index is 1.96. The number of aromatic nitrogens is 1. The lowest BCUT2D eigenvalue weighted by Crippen LogP contribution is -2.44. The van der Waals surface area contributed by atoms with Crippen LogP contribution in [-0.2, 0) is 0 Å². The van der Waals surface area contributed by atoms with Crippen LogP contribution in [0.2, 0.25) is 0 Å². The number of nitrogens with zero attached hydrogens (tertiary/aromatic N) is 4. The Morgan fingerprint density at radius 2 is 2.15 bits per heavy atom. The topological polar surface area (TPSA) is 43.2 Å². The summed E-state index contributed by atoms with van der Waals surface area (Å²) >= 11 is 1.65. The van der Waals surface area contributed by atoms with Gasteiger partial charge in [-0.15, -0.1) is 11.3 Å². The Labute approximate surface area is 81.0 Å². The minimum atomic E-state index is 0.816. The molecule has 0 saturated carbocycles. The molecular weight excluding hydrogens is 184 g/mol. The van der Waals surface area contributed by atoms with Crippen LogP contribution in [0.3, 0.4) is 0 Å². The van der Waals surface area contributed by atoms with E-state index in [1.807, 2.05) is 11.6 Å². The molecule has 4 nitrogen and oxygen atoms in total. The number of nitriles is 1. The van der Waals surface area contributed by atoms with Gasteiger partial charge in [0.25, 0.3) is 0 Å². The largest absolute Gasteiger partial charge is 0.344 e. The normalized spacial score (nSPS) is 17.2. The minimum absolute atomic E-state index is 0.816. The smallest absolute Gasteiger partial charge is 0.185 e. The summed E-state index contributed by atoms with van der Waals surface area (Å²) in [5.74, 6) is 0. The van der Waals surface area contributed by atoms with Gasteiger partial charge in [0.1, 0.15) is 0 Å². The van der Waals surface area contributed by atoms with E-state index in [0.29, 0.717) is 0 Å². The molecule has 0 bridgehead atoms. The second-order valence-electron chi connectivity index (χ2n) is 2.89. The van der Waals surface area contributed by atoms with E-state index in [-0.39, 0.29) is 0 Å². The fourth-order valence-electron chi connectivity index (χ4n) is 1.37. The minimum Gasteiger partial charge on any atom is -0.344 e. The Bertz CT molecular complexity index is 294. The van der Waals surface area contributed by atoms with E-state index in [1.165, 1.54) is 0 Å². The molecule has 5 heteroatoms. The van der Waals surface area contributed by atoms with Crippen molar-refractivity contribution in [3.63, 3.8) is 0 Å². The summed E-state index contributed by atoms with van der Waals surface area (Å²) in [6, 6.07) is 0. The molecule has 68 valence electrons. The van der Waals surface area contributed by atoms with Crippen molar-refractivity contribution in [2.45, 2.75) is 0 Å². The molecule has 13 heavy (non-hydrogen) atoms. The third-order valence-electron chi connectivity index (χ3n) is 2.11. The zero-order valence-corrected chi connectivity index (χ0v) is 8.00. The van der Waals surface area contributed by atoms with Gasteiger partial charge in [-0.3, -0.25) is 0 Å². The van der Waals surface area contributed by atoms with Gasteiger partial charge in [0, 0.05) is 37.8 Å². The molecule has 1 saturated heterocycles. The third-order valence-corrected chi connectivity index (χ3v) is 2.94. The Morgan fingerprint density at radius 3 is 2.69 bits per heavy atom. The molecule has 0 atom stereocenters. The van der Waals surface area contributed by atoms with Crippen molar-refractivity contribution in [2.75, 3.05) is 31.1 Å². The van der Waals surface area contributed by atoms with Gasteiger partial charge in [0.05, 0.1) is 0 Å². The maximum Gasteiger partial charge on any atom is 0.185 e. The summed E-state index contributed by atoms with van der Waals surface area (Å²) in [5.41, 5.74) is 0. The number of thiazole rings is 1. The zero-order chi connectivity index (χ0) is 9.10. The van der Waals surface area contributed by atoms with Crippen LogP contribution in [0.15, 0.2) is 11.6 Å². The molecule has 0 unspecified atom stereocenters. The quantitative estimate of drug-likeness (QED) is 0.619. The first-order valence-corrected chi connectivity index (χ1v) is 5.07. The molecule has 0 amide bonds. The number of anilines is 1. The van der Waals surface area contributed by atoms with Crippen LogP contribution in [0.1, 0.15) is 0 Å². The second kappa shape index (κ2) is 3.62. The fraction of sp³-hybridized carbons (Fsp3) is 0.500. The van der Waals surface area contributed by atoms with E-state index in [9.17, 15) is 0 Å². The summed E-state index contributed by atoms with van der Waals surface area (Å²) in [7, 11) is 0. The lowest BCUT2D eigenvalue weighted by atomic mass is 10.3. The van der Waals surface area contributed by atoms with Crippen LogP contribution in [-0.4, -0.2) is 36.1 Å². The molecule has 2 heterocycles. The van der Waals surface area contributed by atoms with E-state index in [2.05, 4.69) is 16.1 Å². The molecule has 1 aliphatic rings.